The van der Waals surface area contributed by atoms with Gasteiger partial charge in [-0.25, -0.2) is 18.5 Å². The topological polar surface area (TPSA) is 107 Å². The smallest absolute Gasteiger partial charge is 0.238 e. The minimum atomic E-state index is -3.79. The lowest BCUT2D eigenvalue weighted by molar-refractivity contribution is -0.116. The Kier molecular flexibility index (Phi) is 6.04. The molecular weight excluding hydrogens is 388 g/mol. The normalized spacial score (nSPS) is 11.7. The first-order valence-corrected chi connectivity index (χ1v) is 11.1. The average molecular weight is 415 g/mol. The summed E-state index contributed by atoms with van der Waals surface area (Å²) in [6.07, 6.45) is 1.63. The van der Waals surface area contributed by atoms with E-state index in [4.69, 9.17) is 5.14 Å². The summed E-state index contributed by atoms with van der Waals surface area (Å²) in [5, 5.41) is 8.15. The predicted molar refractivity (Wildman–Crippen MR) is 114 cm³/mol. The molecule has 0 aliphatic carbocycles. The molecule has 2 aromatic carbocycles. The number of benzene rings is 2. The first-order chi connectivity index (χ1) is 13.7. The quantitative estimate of drug-likeness (QED) is 0.618. The van der Waals surface area contributed by atoms with E-state index in [1.54, 1.807) is 6.07 Å². The van der Waals surface area contributed by atoms with Crippen LogP contribution < -0.4 is 10.5 Å². The van der Waals surface area contributed by atoms with Gasteiger partial charge in [-0.3, -0.25) is 4.79 Å². The minimum absolute atomic E-state index is 0.0326. The Hall–Kier alpha value is -2.71. The van der Waals surface area contributed by atoms with Crippen LogP contribution in [0.15, 0.2) is 41.3 Å². The van der Waals surface area contributed by atoms with Gasteiger partial charge >= 0.3 is 0 Å². The number of anilines is 1. The van der Waals surface area contributed by atoms with Gasteiger partial charge in [-0.1, -0.05) is 13.0 Å². The molecule has 0 bridgehead atoms. The summed E-state index contributed by atoms with van der Waals surface area (Å²) in [5.74, 6) is 0.664. The molecule has 29 heavy (non-hydrogen) atoms. The number of aromatic nitrogens is 2. The van der Waals surface area contributed by atoms with Crippen molar-refractivity contribution in [3.63, 3.8) is 0 Å². The number of hydrogen-bond donors (Lipinski definition) is 2. The van der Waals surface area contributed by atoms with E-state index in [0.717, 1.165) is 35.6 Å². The maximum atomic E-state index is 12.4. The number of nitrogens with two attached hydrogens (primary N) is 1. The maximum Gasteiger partial charge on any atom is 0.238 e. The number of primary sulfonamides is 1. The molecule has 154 valence electrons. The number of sulfonamides is 1. The van der Waals surface area contributed by atoms with Crippen LogP contribution in [-0.4, -0.2) is 23.9 Å². The number of nitrogens with one attached hydrogen (secondary N) is 1. The van der Waals surface area contributed by atoms with Crippen molar-refractivity contribution in [3.8, 4) is 0 Å². The number of fused-ring (bicyclic) bond motifs is 1. The maximum absolute atomic E-state index is 12.4. The van der Waals surface area contributed by atoms with Gasteiger partial charge in [0.2, 0.25) is 15.9 Å². The Balaban J connectivity index is 1.80. The molecule has 0 aliphatic heterocycles. The van der Waals surface area contributed by atoms with Crippen LogP contribution in [0.1, 0.15) is 36.7 Å². The second kappa shape index (κ2) is 8.34. The number of aryl methyl sites for hydroxylation is 4. The van der Waals surface area contributed by atoms with E-state index >= 15 is 0 Å². The van der Waals surface area contributed by atoms with Gasteiger partial charge in [-0.2, -0.15) is 0 Å². The van der Waals surface area contributed by atoms with Crippen LogP contribution in [0, 0.1) is 13.8 Å². The molecule has 0 aliphatic rings. The van der Waals surface area contributed by atoms with Crippen LogP contribution >= 0.6 is 0 Å². The van der Waals surface area contributed by atoms with E-state index in [1.807, 2.05) is 36.6 Å². The summed E-state index contributed by atoms with van der Waals surface area (Å²) in [6, 6.07) is 10.5. The first kappa shape index (κ1) is 21.0. The van der Waals surface area contributed by atoms with Crippen molar-refractivity contribution < 1.29 is 13.2 Å². The lowest BCUT2D eigenvalue weighted by atomic mass is 10.1. The number of carbonyl (C=O) groups is 1. The fourth-order valence-electron chi connectivity index (χ4n) is 3.27. The minimum Gasteiger partial charge on any atom is -0.328 e. The molecule has 0 saturated carbocycles. The highest BCUT2D eigenvalue weighted by Gasteiger charge is 2.15. The van der Waals surface area contributed by atoms with Crippen LogP contribution in [0.5, 0.6) is 0 Å². The Bertz CT molecular complexity index is 1170. The zero-order valence-electron chi connectivity index (χ0n) is 16.9. The van der Waals surface area contributed by atoms with E-state index in [9.17, 15) is 13.2 Å². The lowest BCUT2D eigenvalue weighted by Gasteiger charge is -2.09. The van der Waals surface area contributed by atoms with E-state index < -0.39 is 10.0 Å². The van der Waals surface area contributed by atoms with Gasteiger partial charge in [-0.15, -0.1) is 0 Å². The van der Waals surface area contributed by atoms with E-state index in [0.29, 0.717) is 11.9 Å². The SMILES string of the molecule is CCCn1c(CCC(=O)Nc2ccc(C)c(C)c2)nc2cc(S(N)(=O)=O)ccc21. The molecule has 0 radical (unpaired) electrons. The van der Waals surface area contributed by atoms with Crippen molar-refractivity contribution >= 4 is 32.7 Å². The highest BCUT2D eigenvalue weighted by molar-refractivity contribution is 7.89. The third-order valence-electron chi connectivity index (χ3n) is 4.94. The largest absolute Gasteiger partial charge is 0.328 e. The lowest BCUT2D eigenvalue weighted by Crippen LogP contribution is -2.14. The van der Waals surface area contributed by atoms with Crippen LogP contribution in [0.3, 0.4) is 0 Å². The predicted octanol–water partition coefficient (Wildman–Crippen LogP) is 3.28. The number of rotatable bonds is 7. The molecule has 3 rings (SSSR count). The van der Waals surface area contributed by atoms with Crippen molar-refractivity contribution in [2.45, 2.75) is 51.5 Å². The molecule has 8 heteroatoms. The highest BCUT2D eigenvalue weighted by Crippen LogP contribution is 2.22. The molecule has 0 fully saturated rings. The van der Waals surface area contributed by atoms with Crippen molar-refractivity contribution in [2.75, 3.05) is 5.32 Å². The summed E-state index contributed by atoms with van der Waals surface area (Å²) < 4.78 is 25.3. The number of imidazole rings is 1. The van der Waals surface area contributed by atoms with Gasteiger partial charge in [0, 0.05) is 25.1 Å². The van der Waals surface area contributed by atoms with Crippen molar-refractivity contribution in [3.05, 3.63) is 53.3 Å². The average Bonchev–Trinajstić information content (AvgIpc) is 3.00. The monoisotopic (exact) mass is 414 g/mol. The van der Waals surface area contributed by atoms with Crippen molar-refractivity contribution in [2.24, 2.45) is 5.14 Å². The highest BCUT2D eigenvalue weighted by atomic mass is 32.2. The molecule has 1 heterocycles. The molecule has 0 atom stereocenters. The Morgan fingerprint density at radius 3 is 2.55 bits per heavy atom. The van der Waals surface area contributed by atoms with E-state index in [2.05, 4.69) is 17.2 Å². The zero-order chi connectivity index (χ0) is 21.2. The summed E-state index contributed by atoms with van der Waals surface area (Å²) in [4.78, 5) is 17.0. The van der Waals surface area contributed by atoms with Gasteiger partial charge < -0.3 is 9.88 Å². The molecule has 0 unspecified atom stereocenters. The second-order valence-corrected chi connectivity index (χ2v) is 8.78. The number of amides is 1. The third kappa shape index (κ3) is 4.83. The van der Waals surface area contributed by atoms with Gasteiger partial charge in [0.15, 0.2) is 0 Å². The molecule has 3 aromatic rings. The number of carbonyl (C=O) groups excluding carboxylic acids is 1. The zero-order valence-corrected chi connectivity index (χ0v) is 17.7. The molecule has 1 amide bonds. The summed E-state index contributed by atoms with van der Waals surface area (Å²) >= 11 is 0. The van der Waals surface area contributed by atoms with Gasteiger partial charge in [0.05, 0.1) is 15.9 Å². The summed E-state index contributed by atoms with van der Waals surface area (Å²) in [7, 11) is -3.79. The van der Waals surface area contributed by atoms with Crippen LogP contribution in [-0.2, 0) is 27.8 Å². The molecule has 3 N–H and O–H groups in total. The Morgan fingerprint density at radius 1 is 1.14 bits per heavy atom. The molecule has 1 aromatic heterocycles. The van der Waals surface area contributed by atoms with Gasteiger partial charge in [0.1, 0.15) is 5.82 Å². The third-order valence-corrected chi connectivity index (χ3v) is 5.85. The van der Waals surface area contributed by atoms with E-state index in [-0.39, 0.29) is 17.2 Å². The molecular formula is C21H26N4O3S. The summed E-state index contributed by atoms with van der Waals surface area (Å²) in [6.45, 7) is 6.83. The van der Waals surface area contributed by atoms with Crippen LogP contribution in [0.4, 0.5) is 5.69 Å². The van der Waals surface area contributed by atoms with Crippen molar-refractivity contribution in [1.82, 2.24) is 9.55 Å². The standard InChI is InChI=1S/C21H26N4O3S/c1-4-11-25-19-8-7-17(29(22,27)28)13-18(19)24-20(25)9-10-21(26)23-16-6-5-14(2)15(3)12-16/h5-8,12-13H,4,9-11H2,1-3H3,(H,23,26)(H2,22,27,28). The molecule has 0 saturated heterocycles. The Labute approximate surface area is 171 Å². The molecule has 0 spiro atoms. The number of nitrogens with zero attached hydrogens (tertiary/aromatic N) is 2. The van der Waals surface area contributed by atoms with Crippen LogP contribution in [0.25, 0.3) is 11.0 Å². The van der Waals surface area contributed by atoms with Gasteiger partial charge in [0.25, 0.3) is 0 Å². The van der Waals surface area contributed by atoms with Crippen molar-refractivity contribution in [1.29, 1.82) is 0 Å². The van der Waals surface area contributed by atoms with Gasteiger partial charge in [-0.05, 0) is 61.7 Å². The first-order valence-electron chi connectivity index (χ1n) is 9.58. The fourth-order valence-corrected chi connectivity index (χ4v) is 3.80. The second-order valence-electron chi connectivity index (χ2n) is 7.22. The van der Waals surface area contributed by atoms with Crippen LogP contribution in [0.2, 0.25) is 0 Å². The number of hydrogen-bond acceptors (Lipinski definition) is 4. The summed E-state index contributed by atoms with van der Waals surface area (Å²) in [5.41, 5.74) is 4.48. The molecule has 7 nitrogen and oxygen atoms in total. The van der Waals surface area contributed by atoms with E-state index in [1.165, 1.54) is 17.7 Å². The fraction of sp³-hybridized carbons (Fsp3) is 0.333. The Morgan fingerprint density at radius 2 is 1.90 bits per heavy atom.